The Bertz CT molecular complexity index is 712. The Morgan fingerprint density at radius 2 is 1.52 bits per heavy atom. The maximum atomic E-state index is 10.7. The minimum absolute atomic E-state index is 0. The van der Waals surface area contributed by atoms with Crippen molar-refractivity contribution in [3.8, 4) is 22.6 Å². The third-order valence-electron chi connectivity index (χ3n) is 3.31. The molecule has 0 aliphatic carbocycles. The fourth-order valence-electron chi connectivity index (χ4n) is 2.26. The van der Waals surface area contributed by atoms with Crippen LogP contribution in [-0.4, -0.2) is 53.8 Å². The summed E-state index contributed by atoms with van der Waals surface area (Å²) in [7, 11) is 0. The van der Waals surface area contributed by atoms with Crippen molar-refractivity contribution in [3.63, 3.8) is 0 Å². The van der Waals surface area contributed by atoms with E-state index in [0.29, 0.717) is 11.7 Å². The molecule has 0 unspecified atom stereocenters. The molecule has 0 saturated carbocycles. The molecule has 0 fully saturated rings. The SMILES string of the molecule is O=C(O)CCc1nc(-c2ccccc2)c(-c2ccccc2)o1.[CaH2]. The fraction of sp³-hybridized carbons (Fsp3) is 0.111. The summed E-state index contributed by atoms with van der Waals surface area (Å²) in [5.74, 6) is 0.257. The number of aliphatic carboxylic acids is 1. The van der Waals surface area contributed by atoms with Crippen molar-refractivity contribution in [2.24, 2.45) is 0 Å². The van der Waals surface area contributed by atoms with Crippen LogP contribution in [0.4, 0.5) is 0 Å². The Hall–Kier alpha value is -1.62. The Morgan fingerprint density at radius 3 is 2.09 bits per heavy atom. The van der Waals surface area contributed by atoms with Crippen LogP contribution < -0.4 is 0 Å². The fourth-order valence-corrected chi connectivity index (χ4v) is 2.26. The van der Waals surface area contributed by atoms with Crippen LogP contribution in [0.15, 0.2) is 65.1 Å². The first kappa shape index (κ1) is 17.7. The number of nitrogens with zero attached hydrogens (tertiary/aromatic N) is 1. The van der Waals surface area contributed by atoms with Gasteiger partial charge in [-0.05, 0) is 0 Å². The van der Waals surface area contributed by atoms with Crippen molar-refractivity contribution < 1.29 is 14.3 Å². The van der Waals surface area contributed by atoms with E-state index in [4.69, 9.17) is 9.52 Å². The Balaban J connectivity index is 0.00000192. The van der Waals surface area contributed by atoms with E-state index in [2.05, 4.69) is 4.98 Å². The number of benzene rings is 2. The van der Waals surface area contributed by atoms with Crippen molar-refractivity contribution in [2.75, 3.05) is 0 Å². The summed E-state index contributed by atoms with van der Waals surface area (Å²) in [6, 6.07) is 19.5. The summed E-state index contributed by atoms with van der Waals surface area (Å²) in [6.07, 6.45) is 0.283. The molecule has 1 aromatic heterocycles. The monoisotopic (exact) mass is 335 g/mol. The number of carboxylic acids is 1. The van der Waals surface area contributed by atoms with Crippen LogP contribution >= 0.6 is 0 Å². The molecule has 3 aromatic rings. The van der Waals surface area contributed by atoms with Gasteiger partial charge in [0, 0.05) is 17.5 Å². The first-order valence-corrected chi connectivity index (χ1v) is 7.06. The first-order valence-electron chi connectivity index (χ1n) is 7.06. The van der Waals surface area contributed by atoms with E-state index in [-0.39, 0.29) is 50.6 Å². The number of carbonyl (C=O) groups is 1. The van der Waals surface area contributed by atoms with Gasteiger partial charge in [0.05, 0.1) is 6.42 Å². The van der Waals surface area contributed by atoms with Crippen LogP contribution in [0.25, 0.3) is 22.6 Å². The van der Waals surface area contributed by atoms with E-state index in [1.54, 1.807) is 0 Å². The molecular formula is C18H17CaNO3. The van der Waals surface area contributed by atoms with Gasteiger partial charge in [-0.1, -0.05) is 60.7 Å². The van der Waals surface area contributed by atoms with E-state index in [1.165, 1.54) is 0 Å². The van der Waals surface area contributed by atoms with Crippen LogP contribution in [0.3, 0.4) is 0 Å². The predicted octanol–water partition coefficient (Wildman–Crippen LogP) is 3.11. The Kier molecular flexibility index (Phi) is 6.39. The normalized spacial score (nSPS) is 10.1. The molecule has 0 atom stereocenters. The number of aryl methyl sites for hydroxylation is 1. The van der Waals surface area contributed by atoms with Gasteiger partial charge in [0.2, 0.25) is 0 Å². The number of rotatable bonds is 5. The van der Waals surface area contributed by atoms with Crippen LogP contribution in [0.2, 0.25) is 0 Å². The molecule has 1 heterocycles. The molecular weight excluding hydrogens is 318 g/mol. The van der Waals surface area contributed by atoms with Crippen molar-refractivity contribution in [1.29, 1.82) is 0 Å². The third-order valence-corrected chi connectivity index (χ3v) is 3.31. The minimum atomic E-state index is -0.860. The molecule has 0 aliphatic heterocycles. The van der Waals surface area contributed by atoms with Gasteiger partial charge in [-0.3, -0.25) is 4.79 Å². The van der Waals surface area contributed by atoms with Crippen molar-refractivity contribution in [2.45, 2.75) is 12.8 Å². The number of hydrogen-bond donors (Lipinski definition) is 1. The molecule has 2 aromatic carbocycles. The average Bonchev–Trinajstić information content (AvgIpc) is 2.99. The van der Waals surface area contributed by atoms with Gasteiger partial charge in [0.1, 0.15) is 5.69 Å². The van der Waals surface area contributed by atoms with Crippen LogP contribution in [0, 0.1) is 0 Å². The van der Waals surface area contributed by atoms with Crippen LogP contribution in [0.1, 0.15) is 12.3 Å². The summed E-state index contributed by atoms with van der Waals surface area (Å²) in [5.41, 5.74) is 2.62. The van der Waals surface area contributed by atoms with E-state index in [9.17, 15) is 4.79 Å². The molecule has 0 saturated heterocycles. The van der Waals surface area contributed by atoms with E-state index >= 15 is 0 Å². The van der Waals surface area contributed by atoms with Gasteiger partial charge in [-0.25, -0.2) is 4.98 Å². The molecule has 0 aliphatic rings. The predicted molar refractivity (Wildman–Crippen MR) is 91.9 cm³/mol. The standard InChI is InChI=1S/C18H15NO3.Ca.2H/c20-16(21)12-11-15-19-17(13-7-3-1-4-8-13)18(22-15)14-9-5-2-6-10-14;;;/h1-10H,11-12H2,(H,20,21);;;. The van der Waals surface area contributed by atoms with E-state index in [0.717, 1.165) is 16.8 Å². The van der Waals surface area contributed by atoms with Gasteiger partial charge in [-0.2, -0.15) is 0 Å². The van der Waals surface area contributed by atoms with Gasteiger partial charge in [0.15, 0.2) is 11.7 Å². The van der Waals surface area contributed by atoms with Gasteiger partial charge in [0.25, 0.3) is 0 Å². The third kappa shape index (κ3) is 4.44. The van der Waals surface area contributed by atoms with Crippen LogP contribution in [-0.2, 0) is 11.2 Å². The number of aromatic nitrogens is 1. The molecule has 23 heavy (non-hydrogen) atoms. The molecule has 114 valence electrons. The average molecular weight is 335 g/mol. The maximum absolute atomic E-state index is 10.7. The zero-order valence-electron chi connectivity index (χ0n) is 11.9. The summed E-state index contributed by atoms with van der Waals surface area (Å²) in [5, 5.41) is 8.82. The quantitative estimate of drug-likeness (QED) is 0.728. The van der Waals surface area contributed by atoms with Gasteiger partial charge < -0.3 is 9.52 Å². The number of oxazole rings is 1. The zero-order chi connectivity index (χ0) is 15.4. The second kappa shape index (κ2) is 8.29. The zero-order valence-corrected chi connectivity index (χ0v) is 11.9. The van der Waals surface area contributed by atoms with Crippen LogP contribution in [0.5, 0.6) is 0 Å². The summed E-state index contributed by atoms with van der Waals surface area (Å²) in [4.78, 5) is 15.2. The second-order valence-electron chi connectivity index (χ2n) is 4.91. The van der Waals surface area contributed by atoms with Gasteiger partial charge >= 0.3 is 43.7 Å². The number of hydrogen-bond acceptors (Lipinski definition) is 3. The molecule has 1 N–H and O–H groups in total. The van der Waals surface area contributed by atoms with Crippen molar-refractivity contribution in [3.05, 3.63) is 66.6 Å². The molecule has 0 bridgehead atoms. The van der Waals surface area contributed by atoms with E-state index in [1.807, 2.05) is 60.7 Å². The molecule has 0 radical (unpaired) electrons. The summed E-state index contributed by atoms with van der Waals surface area (Å²) in [6.45, 7) is 0. The number of carboxylic acid groups (broad SMARTS) is 1. The first-order chi connectivity index (χ1) is 10.7. The Labute approximate surface area is 164 Å². The second-order valence-corrected chi connectivity index (χ2v) is 4.91. The molecule has 4 nitrogen and oxygen atoms in total. The topological polar surface area (TPSA) is 63.3 Å². The van der Waals surface area contributed by atoms with Gasteiger partial charge in [-0.15, -0.1) is 0 Å². The Morgan fingerprint density at radius 1 is 0.957 bits per heavy atom. The summed E-state index contributed by atoms with van der Waals surface area (Å²) < 4.78 is 5.83. The summed E-state index contributed by atoms with van der Waals surface area (Å²) >= 11 is 0. The molecule has 3 rings (SSSR count). The molecule has 0 spiro atoms. The van der Waals surface area contributed by atoms with E-state index < -0.39 is 5.97 Å². The van der Waals surface area contributed by atoms with Crippen molar-refractivity contribution in [1.82, 2.24) is 4.98 Å². The molecule has 0 amide bonds. The van der Waals surface area contributed by atoms with Crippen molar-refractivity contribution >= 4 is 43.7 Å². The molecule has 5 heteroatoms.